The lowest BCUT2D eigenvalue weighted by Gasteiger charge is -2.28. The van der Waals surface area contributed by atoms with Gasteiger partial charge in [0.1, 0.15) is 5.60 Å². The van der Waals surface area contributed by atoms with Crippen LogP contribution in [0.5, 0.6) is 0 Å². The molecule has 5 heteroatoms. The zero-order chi connectivity index (χ0) is 19.2. The fraction of sp³-hybridized carbons (Fsp3) is 0.409. The monoisotopic (exact) mass is 401 g/mol. The maximum absolute atomic E-state index is 12.9. The maximum atomic E-state index is 12.9. The molecule has 142 valence electrons. The van der Waals surface area contributed by atoms with E-state index in [2.05, 4.69) is 36.4 Å². The third-order valence-corrected chi connectivity index (χ3v) is 6.73. The highest BCUT2D eigenvalue weighted by Gasteiger charge is 2.53. The summed E-state index contributed by atoms with van der Waals surface area (Å²) in [6, 6.07) is 16.6. The van der Waals surface area contributed by atoms with E-state index in [1.807, 2.05) is 49.6 Å². The summed E-state index contributed by atoms with van der Waals surface area (Å²) in [5.41, 5.74) is 3.31. The molecule has 1 saturated heterocycles. The van der Waals surface area contributed by atoms with Crippen LogP contribution in [0.2, 0.25) is 5.02 Å². The topological polar surface area (TPSA) is 29.5 Å². The lowest BCUT2D eigenvalue weighted by molar-refractivity contribution is 0.0179. The summed E-state index contributed by atoms with van der Waals surface area (Å²) in [6.07, 6.45) is 0.766. The summed E-state index contributed by atoms with van der Waals surface area (Å²) in [7, 11) is 0. The molecule has 0 aliphatic carbocycles. The molecule has 3 nitrogen and oxygen atoms in total. The first-order valence-corrected chi connectivity index (χ1v) is 10.7. The SMILES string of the molecule is CC(C)(C)OC(=O)N1[C@H]2C[C@H](SCc3ccc(Cl)cc3)[C@@H]1c1ccccc12. The van der Waals surface area contributed by atoms with E-state index in [1.165, 1.54) is 16.7 Å². The van der Waals surface area contributed by atoms with Gasteiger partial charge in [0.05, 0.1) is 12.1 Å². The second-order valence-electron chi connectivity index (χ2n) is 8.19. The number of fused-ring (bicyclic) bond motifs is 5. The molecular formula is C22H24ClNO2S. The fourth-order valence-electron chi connectivity index (χ4n) is 4.04. The van der Waals surface area contributed by atoms with Crippen LogP contribution in [0.3, 0.4) is 0 Å². The zero-order valence-electron chi connectivity index (χ0n) is 15.8. The molecule has 3 atom stereocenters. The van der Waals surface area contributed by atoms with Crippen LogP contribution in [0.1, 0.15) is 56.0 Å². The van der Waals surface area contributed by atoms with Gasteiger partial charge in [0.2, 0.25) is 0 Å². The number of hydrogen-bond donors (Lipinski definition) is 0. The van der Waals surface area contributed by atoms with Crippen LogP contribution in [0, 0.1) is 0 Å². The molecule has 0 saturated carbocycles. The normalized spacial score (nSPS) is 23.4. The minimum atomic E-state index is -0.489. The number of thioether (sulfide) groups is 1. The van der Waals surface area contributed by atoms with Crippen molar-refractivity contribution in [1.82, 2.24) is 4.90 Å². The van der Waals surface area contributed by atoms with Crippen LogP contribution in [-0.2, 0) is 10.5 Å². The largest absolute Gasteiger partial charge is 0.444 e. The van der Waals surface area contributed by atoms with Crippen LogP contribution >= 0.6 is 23.4 Å². The second-order valence-corrected chi connectivity index (χ2v) is 9.85. The van der Waals surface area contributed by atoms with E-state index in [-0.39, 0.29) is 18.2 Å². The third-order valence-electron chi connectivity index (χ3n) is 5.10. The van der Waals surface area contributed by atoms with Gasteiger partial charge in [0.15, 0.2) is 0 Å². The summed E-state index contributed by atoms with van der Waals surface area (Å²) in [5.74, 6) is 0.912. The summed E-state index contributed by atoms with van der Waals surface area (Å²) in [5, 5.41) is 1.13. The molecule has 0 spiro atoms. The number of carbonyl (C=O) groups excluding carboxylic acids is 1. The highest BCUT2D eigenvalue weighted by molar-refractivity contribution is 7.99. The van der Waals surface area contributed by atoms with Crippen molar-refractivity contribution in [2.45, 2.75) is 55.9 Å². The van der Waals surface area contributed by atoms with Crippen LogP contribution in [0.25, 0.3) is 0 Å². The third kappa shape index (κ3) is 3.70. The Morgan fingerprint density at radius 3 is 2.48 bits per heavy atom. The van der Waals surface area contributed by atoms with Gasteiger partial charge in [-0.2, -0.15) is 11.8 Å². The van der Waals surface area contributed by atoms with Crippen molar-refractivity contribution in [3.05, 3.63) is 70.2 Å². The summed E-state index contributed by atoms with van der Waals surface area (Å²) < 4.78 is 5.72. The van der Waals surface area contributed by atoms with Gasteiger partial charge in [-0.05, 0) is 56.0 Å². The Morgan fingerprint density at radius 1 is 1.15 bits per heavy atom. The quantitative estimate of drug-likeness (QED) is 0.597. The number of carbonyl (C=O) groups is 1. The second kappa shape index (κ2) is 7.06. The summed E-state index contributed by atoms with van der Waals surface area (Å²) in [6.45, 7) is 5.76. The first-order chi connectivity index (χ1) is 12.8. The highest BCUT2D eigenvalue weighted by atomic mass is 35.5. The molecule has 0 N–H and O–H groups in total. The molecule has 2 aliphatic heterocycles. The molecule has 2 aromatic rings. The maximum Gasteiger partial charge on any atom is 0.411 e. The van der Waals surface area contributed by atoms with Crippen LogP contribution in [0.4, 0.5) is 4.79 Å². The molecule has 1 fully saturated rings. The molecule has 1 amide bonds. The molecule has 27 heavy (non-hydrogen) atoms. The van der Waals surface area contributed by atoms with E-state index >= 15 is 0 Å². The van der Waals surface area contributed by atoms with E-state index in [9.17, 15) is 4.79 Å². The van der Waals surface area contributed by atoms with E-state index < -0.39 is 5.60 Å². The Labute approximate surface area is 170 Å². The van der Waals surface area contributed by atoms with Gasteiger partial charge in [-0.1, -0.05) is 48.0 Å². The number of ether oxygens (including phenoxy) is 1. The van der Waals surface area contributed by atoms with Crippen molar-refractivity contribution in [2.75, 3.05) is 0 Å². The Kier molecular flexibility index (Phi) is 4.89. The summed E-state index contributed by atoms with van der Waals surface area (Å²) >= 11 is 7.90. The molecular weight excluding hydrogens is 378 g/mol. The molecule has 0 aromatic heterocycles. The average Bonchev–Trinajstić information content (AvgIpc) is 3.14. The smallest absolute Gasteiger partial charge is 0.411 e. The standard InChI is InChI=1S/C22H24ClNO2S/c1-22(2,3)26-21(25)24-18-12-19(20(24)17-7-5-4-6-16(17)18)27-13-14-8-10-15(23)11-9-14/h4-11,18-20H,12-13H2,1-3H3/t18-,19-,20-/m0/s1. The van der Waals surface area contributed by atoms with Crippen molar-refractivity contribution < 1.29 is 9.53 Å². The van der Waals surface area contributed by atoms with Gasteiger partial charge in [0.25, 0.3) is 0 Å². The number of halogens is 1. The predicted octanol–water partition coefficient (Wildman–Crippen LogP) is 6.38. The van der Waals surface area contributed by atoms with Crippen LogP contribution in [-0.4, -0.2) is 21.8 Å². The van der Waals surface area contributed by atoms with Gasteiger partial charge < -0.3 is 4.74 Å². The van der Waals surface area contributed by atoms with Crippen molar-refractivity contribution in [2.24, 2.45) is 0 Å². The number of rotatable bonds is 3. The molecule has 2 aromatic carbocycles. The minimum Gasteiger partial charge on any atom is -0.444 e. The fourth-order valence-corrected chi connectivity index (χ4v) is 5.55. The lowest BCUT2D eigenvalue weighted by Crippen LogP contribution is -2.35. The van der Waals surface area contributed by atoms with Crippen LogP contribution in [0.15, 0.2) is 48.5 Å². The Morgan fingerprint density at radius 2 is 1.81 bits per heavy atom. The van der Waals surface area contributed by atoms with E-state index in [0.29, 0.717) is 5.25 Å². The average molecular weight is 402 g/mol. The first-order valence-electron chi connectivity index (χ1n) is 9.30. The van der Waals surface area contributed by atoms with Gasteiger partial charge in [-0.25, -0.2) is 4.79 Å². The van der Waals surface area contributed by atoms with Crippen molar-refractivity contribution in [3.8, 4) is 0 Å². The predicted molar refractivity (Wildman–Crippen MR) is 111 cm³/mol. The molecule has 0 radical (unpaired) electrons. The van der Waals surface area contributed by atoms with Gasteiger partial charge in [-0.15, -0.1) is 0 Å². The zero-order valence-corrected chi connectivity index (χ0v) is 17.4. The van der Waals surface area contributed by atoms with Crippen molar-refractivity contribution in [3.63, 3.8) is 0 Å². The Balaban J connectivity index is 1.55. The number of nitrogens with zero attached hydrogens (tertiary/aromatic N) is 1. The number of hydrogen-bond acceptors (Lipinski definition) is 3. The first kappa shape index (κ1) is 18.7. The van der Waals surface area contributed by atoms with E-state index in [1.54, 1.807) is 0 Å². The highest BCUT2D eigenvalue weighted by Crippen LogP contribution is 2.57. The van der Waals surface area contributed by atoms with Crippen LogP contribution < -0.4 is 0 Å². The Bertz CT molecular complexity index is 846. The molecule has 2 bridgehead atoms. The molecule has 2 heterocycles. The van der Waals surface area contributed by atoms with E-state index in [4.69, 9.17) is 16.3 Å². The summed E-state index contributed by atoms with van der Waals surface area (Å²) in [4.78, 5) is 14.9. The minimum absolute atomic E-state index is 0.0818. The molecule has 2 aliphatic rings. The Hall–Kier alpha value is -1.65. The number of amides is 1. The number of benzene rings is 2. The van der Waals surface area contributed by atoms with Gasteiger partial charge in [0, 0.05) is 16.0 Å². The van der Waals surface area contributed by atoms with E-state index in [0.717, 1.165) is 17.2 Å². The molecule has 0 unspecified atom stereocenters. The van der Waals surface area contributed by atoms with Gasteiger partial charge in [-0.3, -0.25) is 4.90 Å². The van der Waals surface area contributed by atoms with Crippen molar-refractivity contribution in [1.29, 1.82) is 0 Å². The van der Waals surface area contributed by atoms with Crippen molar-refractivity contribution >= 4 is 29.5 Å². The molecule has 4 rings (SSSR count). The van der Waals surface area contributed by atoms with Gasteiger partial charge >= 0.3 is 6.09 Å². The lowest BCUT2D eigenvalue weighted by atomic mass is 9.92.